The van der Waals surface area contributed by atoms with Crippen molar-refractivity contribution in [1.29, 1.82) is 0 Å². The van der Waals surface area contributed by atoms with Crippen LogP contribution >= 0.6 is 0 Å². The lowest BCUT2D eigenvalue weighted by Crippen LogP contribution is -2.39. The number of ether oxygens (including phenoxy) is 1. The third kappa shape index (κ3) is 3.34. The lowest BCUT2D eigenvalue weighted by atomic mass is 9.86. The van der Waals surface area contributed by atoms with Gasteiger partial charge in [-0.25, -0.2) is 9.59 Å². The highest BCUT2D eigenvalue weighted by molar-refractivity contribution is 6.00. The van der Waals surface area contributed by atoms with E-state index in [-0.39, 0.29) is 22.4 Å². The Kier molecular flexibility index (Phi) is 4.82. The summed E-state index contributed by atoms with van der Waals surface area (Å²) in [6.07, 6.45) is 0. The highest BCUT2D eigenvalue weighted by Gasteiger charge is 2.42. The molecule has 5 nitrogen and oxygen atoms in total. The molecule has 3 aromatic rings. The van der Waals surface area contributed by atoms with Crippen LogP contribution in [0.1, 0.15) is 21.5 Å². The van der Waals surface area contributed by atoms with Gasteiger partial charge in [-0.3, -0.25) is 0 Å². The number of hydrogen-bond donors (Lipinski definition) is 2. The topological polar surface area (TPSA) is 83.8 Å². The third-order valence-electron chi connectivity index (χ3n) is 3.97. The minimum Gasteiger partial charge on any atom is -0.508 e. The number of esters is 2. The number of rotatable bonds is 4. The van der Waals surface area contributed by atoms with E-state index < -0.39 is 17.5 Å². The molecule has 0 heterocycles. The molecule has 5 heteroatoms. The van der Waals surface area contributed by atoms with E-state index in [4.69, 9.17) is 4.74 Å². The summed E-state index contributed by atoms with van der Waals surface area (Å²) in [4.78, 5) is 25.0. The van der Waals surface area contributed by atoms with Gasteiger partial charge < -0.3 is 14.9 Å². The SMILES string of the molecule is O=C(OC(=O)C(O)(c1ccccc1)c1ccccc1)c1ccc(O)cc1. The molecule has 0 saturated carbocycles. The van der Waals surface area contributed by atoms with Gasteiger partial charge in [0.05, 0.1) is 5.56 Å². The molecule has 2 N–H and O–H groups in total. The molecule has 26 heavy (non-hydrogen) atoms. The second kappa shape index (κ2) is 7.21. The van der Waals surface area contributed by atoms with Crippen LogP contribution in [0.2, 0.25) is 0 Å². The largest absolute Gasteiger partial charge is 0.508 e. The number of phenols is 1. The van der Waals surface area contributed by atoms with Crippen LogP contribution in [0.4, 0.5) is 0 Å². The first kappa shape index (κ1) is 17.4. The van der Waals surface area contributed by atoms with E-state index in [2.05, 4.69) is 0 Å². The number of carbonyl (C=O) groups is 2. The van der Waals surface area contributed by atoms with E-state index in [9.17, 15) is 19.8 Å². The van der Waals surface area contributed by atoms with Gasteiger partial charge in [-0.15, -0.1) is 0 Å². The van der Waals surface area contributed by atoms with Gasteiger partial charge in [-0.1, -0.05) is 60.7 Å². The molecule has 0 atom stereocenters. The average Bonchev–Trinajstić information content (AvgIpc) is 2.69. The van der Waals surface area contributed by atoms with Crippen molar-refractivity contribution in [3.63, 3.8) is 0 Å². The molecule has 0 aliphatic rings. The second-order valence-corrected chi connectivity index (χ2v) is 5.67. The number of benzene rings is 3. The van der Waals surface area contributed by atoms with Crippen molar-refractivity contribution in [2.45, 2.75) is 5.60 Å². The average molecular weight is 348 g/mol. The molecule has 3 rings (SSSR count). The summed E-state index contributed by atoms with van der Waals surface area (Å²) in [5.74, 6) is -2.04. The van der Waals surface area contributed by atoms with Crippen LogP contribution < -0.4 is 0 Å². The van der Waals surface area contributed by atoms with Crippen molar-refractivity contribution in [1.82, 2.24) is 0 Å². The standard InChI is InChI=1S/C21H16O5/c22-18-13-11-15(12-14-18)19(23)26-20(24)21(25,16-7-3-1-4-8-16)17-9-5-2-6-10-17/h1-14,22,25H. The predicted octanol–water partition coefficient (Wildman–Crippen LogP) is 3.01. The molecule has 0 aromatic heterocycles. The van der Waals surface area contributed by atoms with E-state index in [1.54, 1.807) is 60.7 Å². The fourth-order valence-corrected chi connectivity index (χ4v) is 2.58. The predicted molar refractivity (Wildman–Crippen MR) is 94.4 cm³/mol. The minimum absolute atomic E-state index is 0.0158. The first-order valence-corrected chi connectivity index (χ1v) is 7.91. The Balaban J connectivity index is 1.96. The molecule has 0 radical (unpaired) electrons. The Morgan fingerprint density at radius 1 is 0.731 bits per heavy atom. The third-order valence-corrected chi connectivity index (χ3v) is 3.97. The Morgan fingerprint density at radius 3 is 1.65 bits per heavy atom. The van der Waals surface area contributed by atoms with Gasteiger partial charge in [0.1, 0.15) is 5.75 Å². The van der Waals surface area contributed by atoms with Gasteiger partial charge in [0.25, 0.3) is 0 Å². The number of phenolic OH excluding ortho intramolecular Hbond substituents is 1. The fraction of sp³-hybridized carbons (Fsp3) is 0.0476. The summed E-state index contributed by atoms with van der Waals surface area (Å²) in [5, 5.41) is 20.5. The second-order valence-electron chi connectivity index (χ2n) is 5.67. The maximum Gasteiger partial charge on any atom is 0.355 e. The fourth-order valence-electron chi connectivity index (χ4n) is 2.58. The summed E-state index contributed by atoms with van der Waals surface area (Å²) in [7, 11) is 0. The lowest BCUT2D eigenvalue weighted by molar-refractivity contribution is -0.155. The number of aliphatic hydroxyl groups is 1. The maximum atomic E-state index is 12.8. The van der Waals surface area contributed by atoms with Crippen molar-refractivity contribution in [2.24, 2.45) is 0 Å². The Labute approximate surface area is 150 Å². The van der Waals surface area contributed by atoms with Crippen LogP contribution in [0.3, 0.4) is 0 Å². The van der Waals surface area contributed by atoms with E-state index in [1.807, 2.05) is 0 Å². The summed E-state index contributed by atoms with van der Waals surface area (Å²) in [6, 6.07) is 21.8. The van der Waals surface area contributed by atoms with Crippen molar-refractivity contribution in [3.8, 4) is 5.75 Å². The monoisotopic (exact) mass is 348 g/mol. The molecule has 0 fully saturated rings. The molecule has 130 valence electrons. The van der Waals surface area contributed by atoms with Crippen LogP contribution in [0.25, 0.3) is 0 Å². The van der Waals surface area contributed by atoms with Crippen molar-refractivity contribution in [2.75, 3.05) is 0 Å². The van der Waals surface area contributed by atoms with Gasteiger partial charge >= 0.3 is 11.9 Å². The van der Waals surface area contributed by atoms with Crippen molar-refractivity contribution >= 4 is 11.9 Å². The molecule has 0 aliphatic carbocycles. The molecule has 0 unspecified atom stereocenters. The highest BCUT2D eigenvalue weighted by atomic mass is 16.6. The van der Waals surface area contributed by atoms with E-state index in [0.717, 1.165) is 0 Å². The zero-order valence-electron chi connectivity index (χ0n) is 13.7. The van der Waals surface area contributed by atoms with E-state index in [0.29, 0.717) is 0 Å². The summed E-state index contributed by atoms with van der Waals surface area (Å²) in [5.41, 5.74) is -1.47. The van der Waals surface area contributed by atoms with Crippen LogP contribution in [0.15, 0.2) is 84.9 Å². The van der Waals surface area contributed by atoms with Gasteiger partial charge in [-0.05, 0) is 35.4 Å². The Hall–Kier alpha value is -3.44. The number of aromatic hydroxyl groups is 1. The molecule has 0 bridgehead atoms. The van der Waals surface area contributed by atoms with Crippen LogP contribution in [0.5, 0.6) is 5.75 Å². The maximum absolute atomic E-state index is 12.8. The molecule has 3 aromatic carbocycles. The van der Waals surface area contributed by atoms with Crippen LogP contribution in [-0.4, -0.2) is 22.2 Å². The zero-order valence-corrected chi connectivity index (χ0v) is 13.7. The smallest absolute Gasteiger partial charge is 0.355 e. The Morgan fingerprint density at radius 2 is 1.19 bits per heavy atom. The molecular formula is C21H16O5. The van der Waals surface area contributed by atoms with Crippen molar-refractivity contribution < 1.29 is 24.5 Å². The molecular weight excluding hydrogens is 332 g/mol. The van der Waals surface area contributed by atoms with Crippen LogP contribution in [-0.2, 0) is 15.1 Å². The van der Waals surface area contributed by atoms with Gasteiger partial charge in [0, 0.05) is 0 Å². The molecule has 0 aliphatic heterocycles. The van der Waals surface area contributed by atoms with Gasteiger partial charge in [0.15, 0.2) is 0 Å². The van der Waals surface area contributed by atoms with E-state index >= 15 is 0 Å². The lowest BCUT2D eigenvalue weighted by Gasteiger charge is -2.26. The molecule has 0 amide bonds. The quantitative estimate of drug-likeness (QED) is 0.559. The van der Waals surface area contributed by atoms with Crippen LogP contribution in [0, 0.1) is 0 Å². The molecule has 0 spiro atoms. The van der Waals surface area contributed by atoms with Crippen molar-refractivity contribution in [3.05, 3.63) is 102 Å². The first-order chi connectivity index (χ1) is 12.5. The normalized spacial score (nSPS) is 11.0. The van der Waals surface area contributed by atoms with Gasteiger partial charge in [-0.2, -0.15) is 0 Å². The minimum atomic E-state index is -2.13. The molecule has 0 saturated heterocycles. The number of carbonyl (C=O) groups excluding carboxylic acids is 2. The number of hydrogen-bond acceptors (Lipinski definition) is 5. The summed E-state index contributed by atoms with van der Waals surface area (Å²) < 4.78 is 4.94. The Bertz CT molecular complexity index is 863. The summed E-state index contributed by atoms with van der Waals surface area (Å²) >= 11 is 0. The zero-order chi connectivity index (χ0) is 18.6. The van der Waals surface area contributed by atoms with E-state index in [1.165, 1.54) is 24.3 Å². The first-order valence-electron chi connectivity index (χ1n) is 7.91. The highest BCUT2D eigenvalue weighted by Crippen LogP contribution is 2.31. The summed E-state index contributed by atoms with van der Waals surface area (Å²) in [6.45, 7) is 0. The van der Waals surface area contributed by atoms with Gasteiger partial charge in [0.2, 0.25) is 5.60 Å².